The lowest BCUT2D eigenvalue weighted by Gasteiger charge is -2.34. The number of oxazole rings is 1. The minimum absolute atomic E-state index is 0.155. The van der Waals surface area contributed by atoms with E-state index in [1.165, 1.54) is 6.26 Å². The van der Waals surface area contributed by atoms with Crippen molar-refractivity contribution in [3.05, 3.63) is 53.9 Å². The first-order valence-corrected chi connectivity index (χ1v) is 9.65. The van der Waals surface area contributed by atoms with E-state index in [1.54, 1.807) is 36.4 Å². The molecule has 4 rings (SSSR count). The van der Waals surface area contributed by atoms with Gasteiger partial charge in [0.1, 0.15) is 6.07 Å². The fraction of sp³-hybridized carbons (Fsp3) is 0.238. The van der Waals surface area contributed by atoms with Crippen molar-refractivity contribution in [2.45, 2.75) is 0 Å². The number of aromatic nitrogens is 1. The molecule has 1 aromatic carbocycles. The fourth-order valence-electron chi connectivity index (χ4n) is 3.34. The number of rotatable bonds is 6. The number of hydrogen-bond acceptors (Lipinski definition) is 8. The van der Waals surface area contributed by atoms with Gasteiger partial charge in [-0.15, -0.1) is 0 Å². The molecule has 1 aliphatic heterocycles. The van der Waals surface area contributed by atoms with E-state index < -0.39 is 5.91 Å². The Morgan fingerprint density at radius 2 is 1.90 bits per heavy atom. The maximum absolute atomic E-state index is 12.3. The van der Waals surface area contributed by atoms with Crippen LogP contribution in [0.25, 0.3) is 11.7 Å². The highest BCUT2D eigenvalue weighted by Crippen LogP contribution is 2.29. The van der Waals surface area contributed by atoms with Gasteiger partial charge in [0.15, 0.2) is 5.76 Å². The number of amides is 2. The Hall–Kier alpha value is -4.10. The number of hydrogen-bond donors (Lipinski definition) is 2. The van der Waals surface area contributed by atoms with Crippen LogP contribution in [0.1, 0.15) is 16.1 Å². The average Bonchev–Trinajstić information content (AvgIpc) is 3.44. The average molecular weight is 420 g/mol. The second-order valence-corrected chi connectivity index (χ2v) is 7.01. The largest absolute Gasteiger partial charge is 0.459 e. The lowest BCUT2D eigenvalue weighted by Crippen LogP contribution is -2.48. The van der Waals surface area contributed by atoms with Crippen molar-refractivity contribution in [1.82, 2.24) is 9.88 Å². The zero-order chi connectivity index (χ0) is 21.8. The Morgan fingerprint density at radius 3 is 2.52 bits per heavy atom. The van der Waals surface area contributed by atoms with E-state index in [-0.39, 0.29) is 24.0 Å². The molecule has 0 unspecified atom stereocenters. The Balaban J connectivity index is 1.32. The smallest absolute Gasteiger partial charge is 0.266 e. The highest BCUT2D eigenvalue weighted by molar-refractivity contribution is 5.95. The first-order valence-electron chi connectivity index (χ1n) is 9.65. The van der Waals surface area contributed by atoms with Crippen molar-refractivity contribution >= 4 is 23.4 Å². The molecule has 31 heavy (non-hydrogen) atoms. The molecule has 1 fully saturated rings. The van der Waals surface area contributed by atoms with Crippen LogP contribution in [0.3, 0.4) is 0 Å². The van der Waals surface area contributed by atoms with Gasteiger partial charge >= 0.3 is 0 Å². The predicted molar refractivity (Wildman–Crippen MR) is 111 cm³/mol. The highest BCUT2D eigenvalue weighted by Gasteiger charge is 2.26. The Kier molecular flexibility index (Phi) is 5.68. The lowest BCUT2D eigenvalue weighted by atomic mass is 10.2. The van der Waals surface area contributed by atoms with E-state index >= 15 is 0 Å². The van der Waals surface area contributed by atoms with Crippen molar-refractivity contribution in [2.75, 3.05) is 42.9 Å². The van der Waals surface area contributed by atoms with Gasteiger partial charge in [-0.25, -0.2) is 0 Å². The normalized spacial score (nSPS) is 14.2. The van der Waals surface area contributed by atoms with Crippen molar-refractivity contribution in [3.63, 3.8) is 0 Å². The molecule has 0 atom stereocenters. The first kappa shape index (κ1) is 20.2. The van der Waals surface area contributed by atoms with Crippen molar-refractivity contribution in [1.29, 1.82) is 5.26 Å². The van der Waals surface area contributed by atoms with Crippen molar-refractivity contribution in [2.24, 2.45) is 5.73 Å². The molecular weight excluding hydrogens is 400 g/mol. The number of furan rings is 1. The number of primary amides is 1. The molecule has 158 valence electrons. The van der Waals surface area contributed by atoms with Crippen LogP contribution in [0.2, 0.25) is 0 Å². The van der Waals surface area contributed by atoms with Gasteiger partial charge in [0.2, 0.25) is 23.4 Å². The maximum atomic E-state index is 12.3. The molecule has 0 bridgehead atoms. The molecule has 2 amide bonds. The van der Waals surface area contributed by atoms with Gasteiger partial charge in [-0.05, 0) is 36.4 Å². The number of nitrogens with one attached hydrogen (secondary N) is 1. The summed E-state index contributed by atoms with van der Waals surface area (Å²) in [5.74, 6) is 0.464. The van der Waals surface area contributed by atoms with E-state index in [9.17, 15) is 14.9 Å². The number of carbonyl (C=O) groups is 2. The van der Waals surface area contributed by atoms with E-state index in [2.05, 4.69) is 16.4 Å². The van der Waals surface area contributed by atoms with E-state index in [4.69, 9.17) is 14.6 Å². The zero-order valence-electron chi connectivity index (χ0n) is 16.6. The third-order valence-corrected chi connectivity index (χ3v) is 4.93. The summed E-state index contributed by atoms with van der Waals surface area (Å²) in [6.07, 6.45) is 1.52. The van der Waals surface area contributed by atoms with Gasteiger partial charge in [0, 0.05) is 37.4 Å². The molecule has 3 heterocycles. The number of nitrogens with two attached hydrogens (primary N) is 1. The summed E-state index contributed by atoms with van der Waals surface area (Å²) >= 11 is 0. The number of nitrogens with zero attached hydrogens (tertiary/aromatic N) is 4. The molecule has 10 nitrogen and oxygen atoms in total. The Labute approximate surface area is 177 Å². The van der Waals surface area contributed by atoms with Crippen LogP contribution in [-0.2, 0) is 4.79 Å². The van der Waals surface area contributed by atoms with Gasteiger partial charge in [0.25, 0.3) is 5.89 Å². The zero-order valence-corrected chi connectivity index (χ0v) is 16.6. The molecule has 0 radical (unpaired) electrons. The van der Waals surface area contributed by atoms with Crippen LogP contribution in [0.15, 0.2) is 51.5 Å². The number of nitriles is 1. The van der Waals surface area contributed by atoms with E-state index in [1.807, 2.05) is 9.80 Å². The van der Waals surface area contributed by atoms with Gasteiger partial charge in [-0.2, -0.15) is 10.2 Å². The minimum Gasteiger partial charge on any atom is -0.459 e. The molecule has 0 saturated carbocycles. The Bertz CT molecular complexity index is 1110. The van der Waals surface area contributed by atoms with Crippen LogP contribution in [0, 0.1) is 11.3 Å². The molecule has 2 aromatic heterocycles. The van der Waals surface area contributed by atoms with Gasteiger partial charge in [-0.3, -0.25) is 14.5 Å². The third kappa shape index (κ3) is 4.57. The molecule has 1 saturated heterocycles. The first-order chi connectivity index (χ1) is 15.0. The summed E-state index contributed by atoms with van der Waals surface area (Å²) in [6.45, 7) is 2.64. The number of piperazine rings is 1. The van der Waals surface area contributed by atoms with Gasteiger partial charge < -0.3 is 24.8 Å². The summed E-state index contributed by atoms with van der Waals surface area (Å²) in [7, 11) is 0. The monoisotopic (exact) mass is 420 g/mol. The van der Waals surface area contributed by atoms with E-state index in [0.717, 1.165) is 0 Å². The maximum Gasteiger partial charge on any atom is 0.266 e. The third-order valence-electron chi connectivity index (χ3n) is 4.93. The quantitative estimate of drug-likeness (QED) is 0.613. The SMILES string of the molecule is N#Cc1nc(-c2ccco2)oc1N1CCN(CC(=O)Nc2ccc(C(N)=O)cc2)CC1. The lowest BCUT2D eigenvalue weighted by molar-refractivity contribution is -0.117. The number of anilines is 2. The summed E-state index contributed by atoms with van der Waals surface area (Å²) in [5.41, 5.74) is 6.40. The fourth-order valence-corrected chi connectivity index (χ4v) is 3.34. The summed E-state index contributed by atoms with van der Waals surface area (Å²) in [4.78, 5) is 31.6. The second kappa shape index (κ2) is 8.73. The summed E-state index contributed by atoms with van der Waals surface area (Å²) in [5, 5.41) is 12.2. The molecule has 0 spiro atoms. The summed E-state index contributed by atoms with van der Waals surface area (Å²) < 4.78 is 11.1. The number of benzene rings is 1. The van der Waals surface area contributed by atoms with Crippen LogP contribution in [-0.4, -0.2) is 54.4 Å². The molecule has 3 N–H and O–H groups in total. The highest BCUT2D eigenvalue weighted by atomic mass is 16.4. The molecular formula is C21H20N6O4. The second-order valence-electron chi connectivity index (χ2n) is 7.01. The molecule has 3 aromatic rings. The van der Waals surface area contributed by atoms with Crippen LogP contribution in [0.5, 0.6) is 0 Å². The summed E-state index contributed by atoms with van der Waals surface area (Å²) in [6, 6.07) is 11.9. The van der Waals surface area contributed by atoms with Gasteiger partial charge in [0.05, 0.1) is 12.8 Å². The Morgan fingerprint density at radius 1 is 1.16 bits per heavy atom. The number of carbonyl (C=O) groups excluding carboxylic acids is 2. The predicted octanol–water partition coefficient (Wildman–Crippen LogP) is 1.67. The minimum atomic E-state index is -0.515. The van der Waals surface area contributed by atoms with Gasteiger partial charge in [-0.1, -0.05) is 0 Å². The molecule has 10 heteroatoms. The standard InChI is InChI=1S/C21H20N6O4/c22-12-16-21(31-20(25-16)17-2-1-11-30-17)27-9-7-26(8-10-27)13-18(28)24-15-5-3-14(4-6-15)19(23)29/h1-6,11H,7-10,13H2,(H2,23,29)(H,24,28). The molecule has 0 aliphatic carbocycles. The van der Waals surface area contributed by atoms with E-state index in [0.29, 0.717) is 49.1 Å². The van der Waals surface area contributed by atoms with Crippen molar-refractivity contribution < 1.29 is 18.4 Å². The van der Waals surface area contributed by atoms with Crippen molar-refractivity contribution in [3.8, 4) is 17.7 Å². The topological polar surface area (TPSA) is 142 Å². The van der Waals surface area contributed by atoms with Crippen LogP contribution >= 0.6 is 0 Å². The van der Waals surface area contributed by atoms with Crippen LogP contribution in [0.4, 0.5) is 11.6 Å². The molecule has 1 aliphatic rings. The van der Waals surface area contributed by atoms with Crippen LogP contribution < -0.4 is 16.0 Å².